The minimum absolute atomic E-state index is 0.612. The summed E-state index contributed by atoms with van der Waals surface area (Å²) in [5.41, 5.74) is 1.12. The lowest BCUT2D eigenvalue weighted by atomic mass is 10.2. The number of rotatable bonds is 2. The van der Waals surface area contributed by atoms with Crippen molar-refractivity contribution in [3.05, 3.63) is 24.3 Å². The maximum atomic E-state index is 4.71. The van der Waals surface area contributed by atoms with Crippen molar-refractivity contribution < 1.29 is 0 Å². The van der Waals surface area contributed by atoms with E-state index in [1.54, 1.807) is 11.3 Å². The fourth-order valence-corrected chi connectivity index (χ4v) is 3.39. The van der Waals surface area contributed by atoms with E-state index < -0.39 is 0 Å². The van der Waals surface area contributed by atoms with Crippen molar-refractivity contribution in [1.82, 2.24) is 9.88 Å². The van der Waals surface area contributed by atoms with Crippen molar-refractivity contribution in [1.29, 1.82) is 0 Å². The number of hydrogen-bond donors (Lipinski definition) is 0. The van der Waals surface area contributed by atoms with Crippen LogP contribution < -0.4 is 4.90 Å². The third-order valence-corrected chi connectivity index (χ3v) is 4.63. The standard InChI is InChI=1S/C13H17N3S/c1-15-8-7-10(9-15)16(2)13-14-11-5-3-4-6-12(11)17-13/h3-6,10H,7-9H2,1-2H3. The van der Waals surface area contributed by atoms with Crippen LogP contribution in [0.4, 0.5) is 5.13 Å². The number of para-hydroxylation sites is 1. The summed E-state index contributed by atoms with van der Waals surface area (Å²) in [6.07, 6.45) is 1.24. The summed E-state index contributed by atoms with van der Waals surface area (Å²) in [5, 5.41) is 1.14. The Labute approximate surface area is 106 Å². The Morgan fingerprint density at radius 3 is 2.94 bits per heavy atom. The largest absolute Gasteiger partial charge is 0.347 e. The molecule has 0 saturated carbocycles. The van der Waals surface area contributed by atoms with E-state index in [1.165, 1.54) is 17.7 Å². The van der Waals surface area contributed by atoms with Crippen LogP contribution in [-0.4, -0.2) is 43.1 Å². The van der Waals surface area contributed by atoms with Crippen LogP contribution in [0.2, 0.25) is 0 Å². The number of fused-ring (bicyclic) bond motifs is 1. The van der Waals surface area contributed by atoms with E-state index in [4.69, 9.17) is 4.98 Å². The molecule has 1 aliphatic rings. The summed E-state index contributed by atoms with van der Waals surface area (Å²) < 4.78 is 1.28. The van der Waals surface area contributed by atoms with Crippen LogP contribution in [0.1, 0.15) is 6.42 Å². The lowest BCUT2D eigenvalue weighted by molar-refractivity contribution is 0.409. The van der Waals surface area contributed by atoms with Gasteiger partial charge in [-0.3, -0.25) is 0 Å². The van der Waals surface area contributed by atoms with E-state index in [0.29, 0.717) is 6.04 Å². The van der Waals surface area contributed by atoms with Crippen molar-refractivity contribution in [2.75, 3.05) is 32.1 Å². The van der Waals surface area contributed by atoms with E-state index >= 15 is 0 Å². The van der Waals surface area contributed by atoms with Crippen LogP contribution >= 0.6 is 11.3 Å². The average Bonchev–Trinajstić information content (AvgIpc) is 2.93. The first-order chi connectivity index (χ1) is 8.24. The third kappa shape index (κ3) is 2.03. The maximum absolute atomic E-state index is 4.71. The van der Waals surface area contributed by atoms with Crippen molar-refractivity contribution in [2.45, 2.75) is 12.5 Å². The van der Waals surface area contributed by atoms with Gasteiger partial charge in [-0.25, -0.2) is 4.98 Å². The first-order valence-corrected chi connectivity index (χ1v) is 6.82. The first-order valence-electron chi connectivity index (χ1n) is 6.01. The Morgan fingerprint density at radius 1 is 1.41 bits per heavy atom. The molecule has 90 valence electrons. The van der Waals surface area contributed by atoms with Gasteiger partial charge in [-0.1, -0.05) is 23.5 Å². The molecule has 2 heterocycles. The first kappa shape index (κ1) is 11.0. The van der Waals surface area contributed by atoms with Crippen LogP contribution in [0, 0.1) is 0 Å². The molecule has 17 heavy (non-hydrogen) atoms. The molecule has 0 radical (unpaired) electrons. The fourth-order valence-electron chi connectivity index (χ4n) is 2.39. The van der Waals surface area contributed by atoms with Gasteiger partial charge in [0.25, 0.3) is 0 Å². The Hall–Kier alpha value is -1.13. The summed E-state index contributed by atoms with van der Waals surface area (Å²) in [6, 6.07) is 8.97. The third-order valence-electron chi connectivity index (χ3n) is 3.50. The second kappa shape index (κ2) is 4.27. The smallest absolute Gasteiger partial charge is 0.186 e. The molecule has 0 spiro atoms. The normalized spacial score (nSPS) is 21.2. The van der Waals surface area contributed by atoms with E-state index in [2.05, 4.69) is 48.2 Å². The Bertz CT molecular complexity index is 489. The number of likely N-dealkylation sites (tertiary alicyclic amines) is 1. The van der Waals surface area contributed by atoms with Gasteiger partial charge >= 0.3 is 0 Å². The summed E-state index contributed by atoms with van der Waals surface area (Å²) in [5.74, 6) is 0. The van der Waals surface area contributed by atoms with Gasteiger partial charge in [0.1, 0.15) is 0 Å². The van der Waals surface area contributed by atoms with Crippen LogP contribution in [0.15, 0.2) is 24.3 Å². The summed E-state index contributed by atoms with van der Waals surface area (Å²) >= 11 is 1.79. The molecule has 3 rings (SSSR count). The highest BCUT2D eigenvalue weighted by atomic mass is 32.1. The highest BCUT2D eigenvalue weighted by molar-refractivity contribution is 7.22. The molecule has 2 aromatic rings. The molecular weight excluding hydrogens is 230 g/mol. The summed E-state index contributed by atoms with van der Waals surface area (Å²) in [6.45, 7) is 2.34. The number of hydrogen-bond acceptors (Lipinski definition) is 4. The maximum Gasteiger partial charge on any atom is 0.186 e. The van der Waals surface area contributed by atoms with E-state index in [9.17, 15) is 0 Å². The van der Waals surface area contributed by atoms with Crippen LogP contribution in [-0.2, 0) is 0 Å². The molecule has 0 N–H and O–H groups in total. The van der Waals surface area contributed by atoms with E-state index in [1.807, 2.05) is 0 Å². The van der Waals surface area contributed by atoms with Crippen molar-refractivity contribution in [3.8, 4) is 0 Å². The van der Waals surface area contributed by atoms with Crippen molar-refractivity contribution in [3.63, 3.8) is 0 Å². The minimum Gasteiger partial charge on any atom is -0.347 e. The topological polar surface area (TPSA) is 19.4 Å². The van der Waals surface area contributed by atoms with Gasteiger partial charge in [-0.15, -0.1) is 0 Å². The molecule has 1 aromatic carbocycles. The van der Waals surface area contributed by atoms with Crippen molar-refractivity contribution in [2.24, 2.45) is 0 Å². The van der Waals surface area contributed by atoms with Crippen LogP contribution in [0.3, 0.4) is 0 Å². The lowest BCUT2D eigenvalue weighted by Crippen LogP contribution is -2.33. The average molecular weight is 247 g/mol. The molecule has 0 aliphatic carbocycles. The minimum atomic E-state index is 0.612. The number of aromatic nitrogens is 1. The molecule has 1 unspecified atom stereocenters. The highest BCUT2D eigenvalue weighted by Crippen LogP contribution is 2.30. The lowest BCUT2D eigenvalue weighted by Gasteiger charge is -2.23. The van der Waals surface area contributed by atoms with Gasteiger partial charge in [-0.05, 0) is 32.1 Å². The Kier molecular flexibility index (Phi) is 2.76. The molecule has 0 amide bonds. The molecular formula is C13H17N3S. The fraction of sp³-hybridized carbons (Fsp3) is 0.462. The Morgan fingerprint density at radius 2 is 2.24 bits per heavy atom. The summed E-state index contributed by atoms with van der Waals surface area (Å²) in [4.78, 5) is 9.43. The van der Waals surface area contributed by atoms with Gasteiger partial charge in [0.15, 0.2) is 5.13 Å². The molecule has 4 heteroatoms. The predicted molar refractivity (Wildman–Crippen MR) is 73.9 cm³/mol. The quantitative estimate of drug-likeness (QED) is 0.812. The SMILES string of the molecule is CN1CCC(N(C)c2nc3ccccc3s2)C1. The molecule has 1 saturated heterocycles. The summed E-state index contributed by atoms with van der Waals surface area (Å²) in [7, 11) is 4.35. The van der Waals surface area contributed by atoms with Crippen LogP contribution in [0.25, 0.3) is 10.2 Å². The van der Waals surface area contributed by atoms with Crippen molar-refractivity contribution >= 4 is 26.7 Å². The van der Waals surface area contributed by atoms with Gasteiger partial charge in [0.05, 0.1) is 10.2 Å². The second-order valence-corrected chi connectivity index (χ2v) is 5.79. The molecule has 1 aromatic heterocycles. The predicted octanol–water partition coefficient (Wildman–Crippen LogP) is 2.44. The number of benzene rings is 1. The zero-order valence-corrected chi connectivity index (χ0v) is 11.1. The van der Waals surface area contributed by atoms with E-state index in [0.717, 1.165) is 17.2 Å². The van der Waals surface area contributed by atoms with Gasteiger partial charge in [0.2, 0.25) is 0 Å². The van der Waals surface area contributed by atoms with E-state index in [-0.39, 0.29) is 0 Å². The molecule has 1 fully saturated rings. The number of likely N-dealkylation sites (N-methyl/N-ethyl adjacent to an activating group) is 2. The zero-order valence-electron chi connectivity index (χ0n) is 10.3. The second-order valence-electron chi connectivity index (χ2n) is 4.78. The zero-order chi connectivity index (χ0) is 11.8. The van der Waals surface area contributed by atoms with Gasteiger partial charge < -0.3 is 9.80 Å². The molecule has 1 aliphatic heterocycles. The van der Waals surface area contributed by atoms with Gasteiger partial charge in [-0.2, -0.15) is 0 Å². The van der Waals surface area contributed by atoms with Gasteiger partial charge in [0, 0.05) is 19.6 Å². The monoisotopic (exact) mass is 247 g/mol. The highest BCUT2D eigenvalue weighted by Gasteiger charge is 2.25. The molecule has 0 bridgehead atoms. The van der Waals surface area contributed by atoms with Crippen LogP contribution in [0.5, 0.6) is 0 Å². The Balaban J connectivity index is 1.87. The molecule has 3 nitrogen and oxygen atoms in total. The number of thiazole rings is 1. The number of anilines is 1. The number of nitrogens with zero attached hydrogens (tertiary/aromatic N) is 3. The molecule has 1 atom stereocenters.